The molecular formula is C5H13Li2OPSi. The van der Waals surface area contributed by atoms with E-state index in [1.165, 1.54) is 0 Å². The van der Waals surface area contributed by atoms with Gasteiger partial charge in [-0.25, -0.2) is 8.32 Å². The van der Waals surface area contributed by atoms with Crippen molar-refractivity contribution < 1.29 is 42.5 Å². The summed E-state index contributed by atoms with van der Waals surface area (Å²) in [6.45, 7) is 7.88. The zero-order valence-electron chi connectivity index (χ0n) is 7.93. The molecule has 0 heterocycles. The Morgan fingerprint density at radius 1 is 1.20 bits per heavy atom. The van der Waals surface area contributed by atoms with Gasteiger partial charge in [0.15, 0.2) is 0 Å². The standard InChI is InChI=1S/C5H13OPSi.2Li/c1-7(2)5-8(3,4)6;;/h5H,1-4H3;;/q-2;2*+1. The van der Waals surface area contributed by atoms with Gasteiger partial charge in [-0.2, -0.15) is 0 Å². The largest absolute Gasteiger partial charge is 1.00 e. The molecule has 0 atom stereocenters. The van der Waals surface area contributed by atoms with Crippen molar-refractivity contribution >= 4 is 16.2 Å². The molecule has 5 heteroatoms. The van der Waals surface area contributed by atoms with E-state index in [0.717, 1.165) is 0 Å². The Bertz CT molecular complexity index is 74.5. The van der Waals surface area contributed by atoms with E-state index in [1.54, 1.807) is 0 Å². The molecule has 0 bridgehead atoms. The Morgan fingerprint density at radius 3 is 1.50 bits per heavy atom. The first-order valence-corrected chi connectivity index (χ1v) is 7.94. The molecule has 0 saturated heterocycles. The molecule has 0 rings (SSSR count). The van der Waals surface area contributed by atoms with Crippen LogP contribution in [0.25, 0.3) is 0 Å². The predicted octanol–water partition coefficient (Wildman–Crippen LogP) is -5.00. The van der Waals surface area contributed by atoms with Crippen LogP contribution >= 0.6 is 7.92 Å². The smallest absolute Gasteiger partial charge is 0.878 e. The van der Waals surface area contributed by atoms with E-state index in [1.807, 2.05) is 18.9 Å². The number of hydrogen-bond acceptors (Lipinski definition) is 1. The van der Waals surface area contributed by atoms with Crippen LogP contribution in [-0.2, 0) is 0 Å². The van der Waals surface area contributed by atoms with E-state index in [9.17, 15) is 4.80 Å². The minimum atomic E-state index is -2.07. The zero-order chi connectivity index (χ0) is 6.78. The van der Waals surface area contributed by atoms with Gasteiger partial charge in [-0.15, -0.1) is 13.1 Å². The molecule has 0 amide bonds. The molecular weight excluding hydrogens is 149 g/mol. The van der Waals surface area contributed by atoms with Crippen LogP contribution < -0.4 is 42.5 Å². The van der Waals surface area contributed by atoms with Crippen LogP contribution in [0.1, 0.15) is 0 Å². The van der Waals surface area contributed by atoms with E-state index < -0.39 is 8.32 Å². The molecule has 0 aliphatic carbocycles. The molecule has 50 valence electrons. The Kier molecular flexibility index (Phi) is 13.2. The number of hydrogen-bond donors (Lipinski definition) is 0. The van der Waals surface area contributed by atoms with E-state index in [0.29, 0.717) is 0 Å². The molecule has 0 aromatic heterocycles. The fraction of sp³-hybridized carbons (Fsp3) is 0.800. The fourth-order valence-electron chi connectivity index (χ4n) is 0.622. The molecule has 0 aromatic rings. The topological polar surface area (TPSA) is 23.1 Å². The average Bonchev–Trinajstić information content (AvgIpc) is 1.21. The maximum atomic E-state index is 11.0. The van der Waals surface area contributed by atoms with Gasteiger partial charge < -0.3 is 10.6 Å². The van der Waals surface area contributed by atoms with E-state index in [4.69, 9.17) is 0 Å². The van der Waals surface area contributed by atoms with E-state index in [-0.39, 0.29) is 45.6 Å². The molecule has 0 radical (unpaired) electrons. The third-order valence-electron chi connectivity index (χ3n) is 0.569. The molecule has 0 spiro atoms. The van der Waals surface area contributed by atoms with Crippen LogP contribution in [0.3, 0.4) is 0 Å². The molecule has 1 nitrogen and oxygen atoms in total. The van der Waals surface area contributed by atoms with Crippen LogP contribution in [0.15, 0.2) is 0 Å². The third kappa shape index (κ3) is 16.4. The Labute approximate surface area is 90.6 Å². The van der Waals surface area contributed by atoms with Crippen LogP contribution in [0.5, 0.6) is 0 Å². The minimum Gasteiger partial charge on any atom is -0.878 e. The van der Waals surface area contributed by atoms with Crippen molar-refractivity contribution in [2.24, 2.45) is 0 Å². The van der Waals surface area contributed by atoms with Gasteiger partial charge in [0.05, 0.1) is 0 Å². The third-order valence-corrected chi connectivity index (χ3v) is 5.12. The molecule has 10 heavy (non-hydrogen) atoms. The van der Waals surface area contributed by atoms with Gasteiger partial charge in [-0.1, -0.05) is 13.3 Å². The summed E-state index contributed by atoms with van der Waals surface area (Å²) in [6.07, 6.45) is 0. The molecule has 0 aliphatic heterocycles. The maximum Gasteiger partial charge on any atom is 1.00 e. The summed E-state index contributed by atoms with van der Waals surface area (Å²) in [7, 11) is -2.13. The first-order chi connectivity index (χ1) is 3.42. The molecule has 0 unspecified atom stereocenters. The molecule has 0 fully saturated rings. The Morgan fingerprint density at radius 2 is 1.50 bits per heavy atom. The van der Waals surface area contributed by atoms with Crippen molar-refractivity contribution in [3.05, 3.63) is 5.79 Å². The second-order valence-electron chi connectivity index (χ2n) is 2.70. The Hall–Kier alpha value is 1.80. The van der Waals surface area contributed by atoms with Gasteiger partial charge in [0, 0.05) is 0 Å². The Balaban J connectivity index is -0.000000245. The second kappa shape index (κ2) is 7.45. The zero-order valence-corrected chi connectivity index (χ0v) is 9.83. The summed E-state index contributed by atoms with van der Waals surface area (Å²) in [4.78, 5) is 11.0. The minimum absolute atomic E-state index is 0. The normalized spacial score (nSPS) is 10.2. The van der Waals surface area contributed by atoms with Gasteiger partial charge in [0.2, 0.25) is 0 Å². The van der Waals surface area contributed by atoms with Crippen molar-refractivity contribution in [1.29, 1.82) is 0 Å². The van der Waals surface area contributed by atoms with Crippen molar-refractivity contribution in [1.82, 2.24) is 0 Å². The monoisotopic (exact) mass is 162 g/mol. The molecule has 0 aromatic carbocycles. The van der Waals surface area contributed by atoms with Gasteiger partial charge in [0.25, 0.3) is 0 Å². The van der Waals surface area contributed by atoms with Crippen molar-refractivity contribution in [3.63, 3.8) is 0 Å². The van der Waals surface area contributed by atoms with Crippen LogP contribution in [0, 0.1) is 5.79 Å². The summed E-state index contributed by atoms with van der Waals surface area (Å²) >= 11 is 0. The average molecular weight is 162 g/mol. The van der Waals surface area contributed by atoms with Crippen molar-refractivity contribution in [3.8, 4) is 0 Å². The SMILES string of the molecule is CP(C)[CH-][Si](C)(C)[O-].[Li+].[Li+]. The molecule has 0 N–H and O–H groups in total. The summed E-state index contributed by atoms with van der Waals surface area (Å²) in [5.41, 5.74) is 0. The summed E-state index contributed by atoms with van der Waals surface area (Å²) < 4.78 is 0. The van der Waals surface area contributed by atoms with E-state index in [2.05, 4.69) is 13.3 Å². The summed E-state index contributed by atoms with van der Waals surface area (Å²) in [6, 6.07) is 0. The fourth-order valence-corrected chi connectivity index (χ4v) is 5.60. The van der Waals surface area contributed by atoms with Crippen molar-refractivity contribution in [2.45, 2.75) is 13.1 Å². The summed E-state index contributed by atoms with van der Waals surface area (Å²) in [5.74, 6) is 2.00. The second-order valence-corrected chi connectivity index (χ2v) is 8.86. The molecule has 0 saturated carbocycles. The maximum absolute atomic E-state index is 11.0. The van der Waals surface area contributed by atoms with Gasteiger partial charge in [-0.3, -0.25) is 7.92 Å². The van der Waals surface area contributed by atoms with Crippen LogP contribution in [0.4, 0.5) is 0 Å². The molecule has 0 aliphatic rings. The summed E-state index contributed by atoms with van der Waals surface area (Å²) in [5, 5.41) is 0. The quantitative estimate of drug-likeness (QED) is 0.226. The van der Waals surface area contributed by atoms with Gasteiger partial charge in [-0.05, 0) is 0 Å². The first kappa shape index (κ1) is 17.8. The van der Waals surface area contributed by atoms with Crippen LogP contribution in [0.2, 0.25) is 13.1 Å². The van der Waals surface area contributed by atoms with Crippen LogP contribution in [-0.4, -0.2) is 21.6 Å². The van der Waals surface area contributed by atoms with E-state index >= 15 is 0 Å². The number of rotatable bonds is 2. The first-order valence-electron chi connectivity index (χ1n) is 2.65. The predicted molar refractivity (Wildman–Crippen MR) is 40.6 cm³/mol. The van der Waals surface area contributed by atoms with Gasteiger partial charge >= 0.3 is 37.7 Å². The van der Waals surface area contributed by atoms with Gasteiger partial charge in [0.1, 0.15) is 0 Å². The van der Waals surface area contributed by atoms with Crippen molar-refractivity contribution in [2.75, 3.05) is 13.3 Å².